The van der Waals surface area contributed by atoms with Crippen LogP contribution in [0.2, 0.25) is 5.02 Å². The van der Waals surface area contributed by atoms with Gasteiger partial charge in [0, 0.05) is 28.5 Å². The van der Waals surface area contributed by atoms with Gasteiger partial charge in [0.2, 0.25) is 0 Å². The van der Waals surface area contributed by atoms with Gasteiger partial charge in [0.1, 0.15) is 17.4 Å². The van der Waals surface area contributed by atoms with Gasteiger partial charge in [-0.3, -0.25) is 19.7 Å². The summed E-state index contributed by atoms with van der Waals surface area (Å²) in [5.41, 5.74) is 0.954. The molecule has 0 radical (unpaired) electrons. The Labute approximate surface area is 199 Å². The predicted octanol–water partition coefficient (Wildman–Crippen LogP) is 4.81. The van der Waals surface area contributed by atoms with E-state index >= 15 is 0 Å². The summed E-state index contributed by atoms with van der Waals surface area (Å²) in [6.07, 6.45) is 1.36. The van der Waals surface area contributed by atoms with Gasteiger partial charge >= 0.3 is 0 Å². The van der Waals surface area contributed by atoms with Gasteiger partial charge in [-0.05, 0) is 54.1 Å². The number of amides is 2. The minimum Gasteiger partial charge on any atom is -0.484 e. The van der Waals surface area contributed by atoms with Gasteiger partial charge in [-0.25, -0.2) is 0 Å². The first kappa shape index (κ1) is 24.0. The van der Waals surface area contributed by atoms with Crippen molar-refractivity contribution in [2.75, 3.05) is 17.2 Å². The third kappa shape index (κ3) is 6.91. The first-order chi connectivity index (χ1) is 16.3. The smallest absolute Gasteiger partial charge is 0.271 e. The summed E-state index contributed by atoms with van der Waals surface area (Å²) in [6.45, 7) is -0.215. The van der Waals surface area contributed by atoms with Crippen molar-refractivity contribution in [1.29, 1.82) is 5.26 Å². The maximum atomic E-state index is 12.4. The molecule has 2 N–H and O–H groups in total. The summed E-state index contributed by atoms with van der Waals surface area (Å²) in [4.78, 5) is 34.7. The predicted molar refractivity (Wildman–Crippen MR) is 127 cm³/mol. The van der Waals surface area contributed by atoms with Crippen molar-refractivity contribution in [1.82, 2.24) is 0 Å². The lowest BCUT2D eigenvalue weighted by Crippen LogP contribution is -2.20. The van der Waals surface area contributed by atoms with E-state index in [0.717, 1.165) is 0 Å². The molecule has 0 aliphatic carbocycles. The first-order valence-corrected chi connectivity index (χ1v) is 10.2. The Morgan fingerprint density at radius 2 is 1.74 bits per heavy atom. The van der Waals surface area contributed by atoms with Gasteiger partial charge in [0.15, 0.2) is 6.61 Å². The van der Waals surface area contributed by atoms with Crippen LogP contribution in [-0.4, -0.2) is 23.3 Å². The summed E-state index contributed by atoms with van der Waals surface area (Å²) >= 11 is 5.81. The minimum absolute atomic E-state index is 0.183. The average Bonchev–Trinajstić information content (AvgIpc) is 2.83. The summed E-state index contributed by atoms with van der Waals surface area (Å²) in [5, 5.41) is 25.9. The number of ether oxygens (including phenoxy) is 1. The number of rotatable bonds is 8. The normalized spacial score (nSPS) is 10.6. The van der Waals surface area contributed by atoms with Crippen molar-refractivity contribution in [2.45, 2.75) is 0 Å². The Bertz CT molecular complexity index is 1280. The number of nitriles is 1. The molecule has 170 valence electrons. The van der Waals surface area contributed by atoms with E-state index in [-0.39, 0.29) is 29.5 Å². The quantitative estimate of drug-likeness (QED) is 0.207. The molecule has 2 amide bonds. The highest BCUT2D eigenvalue weighted by Crippen LogP contribution is 2.19. The Kier molecular flexibility index (Phi) is 7.94. The number of benzene rings is 3. The maximum Gasteiger partial charge on any atom is 0.271 e. The zero-order chi connectivity index (χ0) is 24.5. The van der Waals surface area contributed by atoms with Crippen LogP contribution in [0.25, 0.3) is 6.08 Å². The SMILES string of the molecule is N#C/C(=C\c1ccc(OCC(=O)Nc2ccc(Cl)cc2)cc1)C(=O)Nc1cccc([N+](=O)[O-])c1. The third-order valence-corrected chi connectivity index (χ3v) is 4.62. The van der Waals surface area contributed by atoms with E-state index in [4.69, 9.17) is 16.3 Å². The van der Waals surface area contributed by atoms with Crippen LogP contribution in [0.4, 0.5) is 17.1 Å². The van der Waals surface area contributed by atoms with Gasteiger partial charge in [0.05, 0.1) is 4.92 Å². The lowest BCUT2D eigenvalue weighted by Gasteiger charge is -2.08. The molecule has 0 fully saturated rings. The van der Waals surface area contributed by atoms with E-state index in [1.807, 2.05) is 6.07 Å². The lowest BCUT2D eigenvalue weighted by molar-refractivity contribution is -0.384. The van der Waals surface area contributed by atoms with Crippen LogP contribution in [0.15, 0.2) is 78.4 Å². The highest BCUT2D eigenvalue weighted by molar-refractivity contribution is 6.30. The number of carbonyl (C=O) groups excluding carboxylic acids is 2. The molecule has 9 nitrogen and oxygen atoms in total. The molecule has 0 aliphatic heterocycles. The molecule has 0 saturated heterocycles. The molecule has 0 spiro atoms. The van der Waals surface area contributed by atoms with Crippen molar-refractivity contribution < 1.29 is 19.2 Å². The van der Waals surface area contributed by atoms with Gasteiger partial charge in [-0.2, -0.15) is 5.26 Å². The highest BCUT2D eigenvalue weighted by atomic mass is 35.5. The second-order valence-electron chi connectivity index (χ2n) is 6.84. The molecule has 0 saturated carbocycles. The zero-order valence-corrected chi connectivity index (χ0v) is 18.3. The molecule has 3 rings (SSSR count). The number of anilines is 2. The lowest BCUT2D eigenvalue weighted by atomic mass is 10.1. The number of nitrogens with one attached hydrogen (secondary N) is 2. The van der Waals surface area contributed by atoms with Crippen LogP contribution in [-0.2, 0) is 9.59 Å². The fourth-order valence-electron chi connectivity index (χ4n) is 2.75. The molecular weight excluding hydrogens is 460 g/mol. The number of hydrogen-bond donors (Lipinski definition) is 2. The van der Waals surface area contributed by atoms with Crippen molar-refractivity contribution in [2.24, 2.45) is 0 Å². The Balaban J connectivity index is 1.58. The molecule has 0 heterocycles. The molecule has 34 heavy (non-hydrogen) atoms. The number of nitrogens with zero attached hydrogens (tertiary/aromatic N) is 2. The molecule has 0 bridgehead atoms. The van der Waals surface area contributed by atoms with Crippen LogP contribution in [0, 0.1) is 21.4 Å². The number of carbonyl (C=O) groups is 2. The maximum absolute atomic E-state index is 12.4. The minimum atomic E-state index is -0.706. The Morgan fingerprint density at radius 3 is 2.38 bits per heavy atom. The van der Waals surface area contributed by atoms with Crippen LogP contribution < -0.4 is 15.4 Å². The van der Waals surface area contributed by atoms with E-state index in [0.29, 0.717) is 22.0 Å². The van der Waals surface area contributed by atoms with E-state index in [9.17, 15) is 25.0 Å². The molecule has 0 aromatic heterocycles. The van der Waals surface area contributed by atoms with Crippen molar-refractivity contribution in [3.8, 4) is 11.8 Å². The van der Waals surface area contributed by atoms with E-state index in [2.05, 4.69) is 10.6 Å². The number of non-ortho nitro benzene ring substituents is 1. The van der Waals surface area contributed by atoms with E-state index in [1.165, 1.54) is 30.3 Å². The number of nitro benzene ring substituents is 1. The van der Waals surface area contributed by atoms with Gasteiger partial charge < -0.3 is 15.4 Å². The second kappa shape index (κ2) is 11.3. The number of halogens is 1. The fourth-order valence-corrected chi connectivity index (χ4v) is 2.88. The third-order valence-electron chi connectivity index (χ3n) is 4.37. The van der Waals surface area contributed by atoms with Crippen LogP contribution in [0.1, 0.15) is 5.56 Å². The van der Waals surface area contributed by atoms with Crippen LogP contribution >= 0.6 is 11.6 Å². The van der Waals surface area contributed by atoms with Crippen LogP contribution in [0.5, 0.6) is 5.75 Å². The van der Waals surface area contributed by atoms with Crippen LogP contribution in [0.3, 0.4) is 0 Å². The highest BCUT2D eigenvalue weighted by Gasteiger charge is 2.12. The standard InChI is InChI=1S/C24H17ClN4O5/c25-18-6-8-19(9-7-18)27-23(30)15-34-22-10-4-16(5-11-22)12-17(14-26)24(31)28-20-2-1-3-21(13-20)29(32)33/h1-13H,15H2,(H,27,30)(H,28,31)/b17-12+. The van der Waals surface area contributed by atoms with Gasteiger partial charge in [-0.1, -0.05) is 29.8 Å². The summed E-state index contributed by atoms with van der Waals surface area (Å²) in [5.74, 6) is -0.638. The van der Waals surface area contributed by atoms with E-state index in [1.54, 1.807) is 48.5 Å². The Morgan fingerprint density at radius 1 is 1.03 bits per heavy atom. The van der Waals surface area contributed by atoms with Gasteiger partial charge in [0.25, 0.3) is 17.5 Å². The molecule has 0 unspecified atom stereocenters. The number of hydrogen-bond acceptors (Lipinski definition) is 6. The molecule has 3 aromatic rings. The average molecular weight is 477 g/mol. The Hall–Kier alpha value is -4.68. The molecule has 3 aromatic carbocycles. The molecule has 0 aliphatic rings. The summed E-state index contributed by atoms with van der Waals surface area (Å²) in [6, 6.07) is 20.3. The van der Waals surface area contributed by atoms with Crippen molar-refractivity contribution in [3.63, 3.8) is 0 Å². The molecule has 10 heteroatoms. The first-order valence-electron chi connectivity index (χ1n) is 9.80. The molecule has 0 atom stereocenters. The fraction of sp³-hybridized carbons (Fsp3) is 0.0417. The van der Waals surface area contributed by atoms with Gasteiger partial charge in [-0.15, -0.1) is 0 Å². The van der Waals surface area contributed by atoms with E-state index < -0.39 is 10.8 Å². The second-order valence-corrected chi connectivity index (χ2v) is 7.28. The monoisotopic (exact) mass is 476 g/mol. The largest absolute Gasteiger partial charge is 0.484 e. The van der Waals surface area contributed by atoms with Crippen molar-refractivity contribution >= 4 is 46.6 Å². The zero-order valence-electron chi connectivity index (χ0n) is 17.5. The van der Waals surface area contributed by atoms with Crippen molar-refractivity contribution in [3.05, 3.63) is 99.1 Å². The topological polar surface area (TPSA) is 134 Å². The molecular formula is C24H17ClN4O5. The summed E-state index contributed by atoms with van der Waals surface area (Å²) < 4.78 is 5.45. The summed E-state index contributed by atoms with van der Waals surface area (Å²) in [7, 11) is 0. The number of nitro groups is 1.